The van der Waals surface area contributed by atoms with Crippen molar-refractivity contribution in [2.45, 2.75) is 116 Å². The topological polar surface area (TPSA) is 70.7 Å². The molecule has 37 heavy (non-hydrogen) atoms. The lowest BCUT2D eigenvalue weighted by Gasteiger charge is -2.12. The van der Waals surface area contributed by atoms with Crippen LogP contribution in [0, 0.1) is 0 Å². The molecule has 0 aromatic heterocycles. The SMILES string of the molecule is CCCCCCCCCCCCCCCCCCNC(=O)c1ccccc1COC(=O)NCCN(C)C. The number of unbranched alkanes of at least 4 members (excludes halogenated alkanes) is 15. The minimum absolute atomic E-state index is 0.0798. The number of carbonyl (C=O) groups is 2. The summed E-state index contributed by atoms with van der Waals surface area (Å²) in [6, 6.07) is 7.31. The predicted octanol–water partition coefficient (Wildman–Crippen LogP) is 7.47. The Morgan fingerprint density at radius 1 is 0.703 bits per heavy atom. The van der Waals surface area contributed by atoms with Crippen LogP contribution in [0.15, 0.2) is 24.3 Å². The Bertz CT molecular complexity index is 709. The van der Waals surface area contributed by atoms with Crippen LogP contribution in [-0.2, 0) is 11.3 Å². The zero-order chi connectivity index (χ0) is 27.0. The summed E-state index contributed by atoms with van der Waals surface area (Å²) >= 11 is 0. The molecule has 212 valence electrons. The molecule has 6 heteroatoms. The average Bonchev–Trinajstić information content (AvgIpc) is 2.89. The molecule has 0 aliphatic carbocycles. The molecule has 0 saturated heterocycles. The van der Waals surface area contributed by atoms with Gasteiger partial charge in [-0.1, -0.05) is 121 Å². The molecule has 0 heterocycles. The Morgan fingerprint density at radius 3 is 1.76 bits per heavy atom. The van der Waals surface area contributed by atoms with E-state index >= 15 is 0 Å². The van der Waals surface area contributed by atoms with Crippen molar-refractivity contribution in [3.63, 3.8) is 0 Å². The van der Waals surface area contributed by atoms with Gasteiger partial charge in [-0.25, -0.2) is 4.79 Å². The van der Waals surface area contributed by atoms with E-state index in [1.165, 1.54) is 89.9 Å². The number of hydrogen-bond donors (Lipinski definition) is 2. The minimum atomic E-state index is -0.467. The molecule has 0 unspecified atom stereocenters. The summed E-state index contributed by atoms with van der Waals surface area (Å²) in [6.45, 7) is 4.30. The summed E-state index contributed by atoms with van der Waals surface area (Å²) in [5, 5.41) is 5.74. The normalized spacial score (nSPS) is 11.0. The summed E-state index contributed by atoms with van der Waals surface area (Å²) < 4.78 is 5.29. The van der Waals surface area contributed by atoms with Crippen molar-refractivity contribution < 1.29 is 14.3 Å². The third kappa shape index (κ3) is 18.8. The highest BCUT2D eigenvalue weighted by molar-refractivity contribution is 5.95. The average molecular weight is 518 g/mol. The minimum Gasteiger partial charge on any atom is -0.445 e. The number of likely N-dealkylation sites (N-methyl/N-ethyl adjacent to an activating group) is 1. The number of ether oxygens (including phenoxy) is 1. The molecule has 1 aromatic rings. The predicted molar refractivity (Wildman–Crippen MR) is 155 cm³/mol. The van der Waals surface area contributed by atoms with E-state index in [2.05, 4.69) is 17.6 Å². The molecule has 1 rings (SSSR count). The van der Waals surface area contributed by atoms with Gasteiger partial charge in [-0.15, -0.1) is 0 Å². The van der Waals surface area contributed by atoms with Crippen molar-refractivity contribution in [2.24, 2.45) is 0 Å². The fraction of sp³-hybridized carbons (Fsp3) is 0.742. The lowest BCUT2D eigenvalue weighted by Crippen LogP contribution is -2.32. The number of benzene rings is 1. The van der Waals surface area contributed by atoms with Crippen molar-refractivity contribution in [2.75, 3.05) is 33.7 Å². The Balaban J connectivity index is 2.04. The molecule has 0 fully saturated rings. The summed E-state index contributed by atoms with van der Waals surface area (Å²) in [5.74, 6) is -0.104. The van der Waals surface area contributed by atoms with E-state index in [0.717, 1.165) is 24.9 Å². The second-order valence-electron chi connectivity index (χ2n) is 10.5. The molecule has 2 amide bonds. The van der Waals surface area contributed by atoms with Gasteiger partial charge in [0, 0.05) is 30.8 Å². The van der Waals surface area contributed by atoms with Gasteiger partial charge in [0.1, 0.15) is 6.61 Å². The standard InChI is InChI=1S/C31H55N3O3/c1-4-5-6-7-8-9-10-11-12-13-14-15-16-17-18-21-24-32-30(35)29-23-20-19-22-28(29)27-37-31(36)33-25-26-34(2)3/h19-20,22-23H,4-18,21,24-27H2,1-3H3,(H,32,35)(H,33,36). The maximum atomic E-state index is 12.6. The quantitative estimate of drug-likeness (QED) is 0.148. The van der Waals surface area contributed by atoms with Crippen LogP contribution in [0.2, 0.25) is 0 Å². The van der Waals surface area contributed by atoms with E-state index in [0.29, 0.717) is 18.7 Å². The van der Waals surface area contributed by atoms with E-state index < -0.39 is 6.09 Å². The number of hydrogen-bond acceptors (Lipinski definition) is 4. The van der Waals surface area contributed by atoms with Crippen molar-refractivity contribution in [3.05, 3.63) is 35.4 Å². The van der Waals surface area contributed by atoms with Gasteiger partial charge in [-0.2, -0.15) is 0 Å². The van der Waals surface area contributed by atoms with Gasteiger partial charge in [0.25, 0.3) is 5.91 Å². The van der Waals surface area contributed by atoms with Crippen LogP contribution >= 0.6 is 0 Å². The zero-order valence-electron chi connectivity index (χ0n) is 24.1. The fourth-order valence-electron chi connectivity index (χ4n) is 4.41. The van der Waals surface area contributed by atoms with Gasteiger partial charge in [0.05, 0.1) is 0 Å². The number of nitrogens with one attached hydrogen (secondary N) is 2. The van der Waals surface area contributed by atoms with Crippen LogP contribution in [0.4, 0.5) is 4.79 Å². The molecule has 0 saturated carbocycles. The van der Waals surface area contributed by atoms with Gasteiger partial charge in [-0.05, 0) is 26.6 Å². The second-order valence-corrected chi connectivity index (χ2v) is 10.5. The second kappa shape index (κ2) is 23.1. The molecule has 0 spiro atoms. The molecule has 0 bridgehead atoms. The first kappa shape index (κ1) is 32.9. The van der Waals surface area contributed by atoms with Crippen molar-refractivity contribution in [1.29, 1.82) is 0 Å². The first-order valence-corrected chi connectivity index (χ1v) is 15.0. The van der Waals surface area contributed by atoms with E-state index in [1.807, 2.05) is 37.2 Å². The Morgan fingerprint density at radius 2 is 1.22 bits per heavy atom. The summed E-state index contributed by atoms with van der Waals surface area (Å²) in [6.07, 6.45) is 21.0. The molecule has 0 aliphatic heterocycles. The number of rotatable bonds is 23. The van der Waals surface area contributed by atoms with Gasteiger partial charge in [0.15, 0.2) is 0 Å². The van der Waals surface area contributed by atoms with Gasteiger partial charge in [0.2, 0.25) is 0 Å². The highest BCUT2D eigenvalue weighted by atomic mass is 16.5. The van der Waals surface area contributed by atoms with Crippen molar-refractivity contribution in [3.8, 4) is 0 Å². The molecule has 2 N–H and O–H groups in total. The molecular weight excluding hydrogens is 462 g/mol. The summed E-state index contributed by atoms with van der Waals surface area (Å²) in [5.41, 5.74) is 1.29. The lowest BCUT2D eigenvalue weighted by molar-refractivity contribution is 0.0946. The van der Waals surface area contributed by atoms with Gasteiger partial charge < -0.3 is 20.3 Å². The maximum absolute atomic E-state index is 12.6. The third-order valence-corrected chi connectivity index (χ3v) is 6.76. The zero-order valence-corrected chi connectivity index (χ0v) is 24.1. The Labute approximate surface area is 227 Å². The molecule has 0 aliphatic rings. The summed E-state index contributed by atoms with van der Waals surface area (Å²) in [7, 11) is 3.89. The molecule has 1 aromatic carbocycles. The highest BCUT2D eigenvalue weighted by Crippen LogP contribution is 2.14. The Kier molecular flexibility index (Phi) is 20.5. The van der Waals surface area contributed by atoms with Gasteiger partial charge in [-0.3, -0.25) is 4.79 Å². The van der Waals surface area contributed by atoms with E-state index in [4.69, 9.17) is 4.74 Å². The Hall–Kier alpha value is -2.08. The van der Waals surface area contributed by atoms with Crippen molar-refractivity contribution in [1.82, 2.24) is 15.5 Å². The molecule has 0 atom stereocenters. The summed E-state index contributed by atoms with van der Waals surface area (Å²) in [4.78, 5) is 26.5. The van der Waals surface area contributed by atoms with Crippen LogP contribution in [0.1, 0.15) is 126 Å². The maximum Gasteiger partial charge on any atom is 0.407 e. The smallest absolute Gasteiger partial charge is 0.407 e. The number of amides is 2. The van der Waals surface area contributed by atoms with Crippen LogP contribution in [0.5, 0.6) is 0 Å². The van der Waals surface area contributed by atoms with Gasteiger partial charge >= 0.3 is 6.09 Å². The fourth-order valence-corrected chi connectivity index (χ4v) is 4.41. The van der Waals surface area contributed by atoms with E-state index in [9.17, 15) is 9.59 Å². The van der Waals surface area contributed by atoms with Crippen LogP contribution in [-0.4, -0.2) is 50.6 Å². The van der Waals surface area contributed by atoms with E-state index in [-0.39, 0.29) is 12.5 Å². The lowest BCUT2D eigenvalue weighted by atomic mass is 10.0. The van der Waals surface area contributed by atoms with Crippen molar-refractivity contribution >= 4 is 12.0 Å². The number of carbonyl (C=O) groups excluding carboxylic acids is 2. The molecular formula is C31H55N3O3. The number of nitrogens with zero attached hydrogens (tertiary/aromatic N) is 1. The monoisotopic (exact) mass is 517 g/mol. The van der Waals surface area contributed by atoms with Crippen LogP contribution in [0.25, 0.3) is 0 Å². The molecule has 6 nitrogen and oxygen atoms in total. The third-order valence-electron chi connectivity index (χ3n) is 6.76. The highest BCUT2D eigenvalue weighted by Gasteiger charge is 2.12. The largest absolute Gasteiger partial charge is 0.445 e. The number of alkyl carbamates (subject to hydrolysis) is 1. The molecule has 0 radical (unpaired) electrons. The van der Waals surface area contributed by atoms with Crippen LogP contribution in [0.3, 0.4) is 0 Å². The first-order valence-electron chi connectivity index (χ1n) is 15.0. The van der Waals surface area contributed by atoms with Crippen LogP contribution < -0.4 is 10.6 Å². The first-order chi connectivity index (χ1) is 18.0. The van der Waals surface area contributed by atoms with E-state index in [1.54, 1.807) is 6.07 Å².